The molecule has 0 spiro atoms. The maximum absolute atomic E-state index is 12.5. The average molecular weight is 403 g/mol. The van der Waals surface area contributed by atoms with E-state index in [-0.39, 0.29) is 23.9 Å². The Morgan fingerprint density at radius 1 is 1.26 bits per heavy atom. The van der Waals surface area contributed by atoms with Crippen molar-refractivity contribution >= 4 is 31.9 Å². The molecule has 2 aromatic rings. The molecule has 0 aliphatic carbocycles. The minimum atomic E-state index is -3.57. The van der Waals surface area contributed by atoms with Crippen molar-refractivity contribution in [2.24, 2.45) is 7.05 Å². The highest BCUT2D eigenvalue weighted by atomic mass is 79.9. The lowest BCUT2D eigenvalue weighted by molar-refractivity contribution is 0.0691. The van der Waals surface area contributed by atoms with Gasteiger partial charge in [-0.3, -0.25) is 14.6 Å². The molecule has 0 atom stereocenters. The number of piperazine rings is 1. The number of halogens is 1. The molecular weight excluding hydrogens is 388 g/mol. The Morgan fingerprint density at radius 2 is 1.96 bits per heavy atom. The Kier molecular flexibility index (Phi) is 4.25. The summed E-state index contributed by atoms with van der Waals surface area (Å²) in [5.74, 6) is -0.201. The van der Waals surface area contributed by atoms with Crippen molar-refractivity contribution in [2.45, 2.75) is 4.90 Å². The normalized spacial score (nSPS) is 16.7. The molecule has 0 unspecified atom stereocenters. The third kappa shape index (κ3) is 3.03. The first-order valence-corrected chi connectivity index (χ1v) is 9.10. The molecule has 1 saturated heterocycles. The maximum atomic E-state index is 12.5. The summed E-state index contributed by atoms with van der Waals surface area (Å²) >= 11 is 3.25. The van der Waals surface area contributed by atoms with Crippen molar-refractivity contribution in [3.05, 3.63) is 28.8 Å². The first-order valence-electron chi connectivity index (χ1n) is 6.86. The molecule has 1 aliphatic heterocycles. The number of nitrogens with zero attached hydrogens (tertiary/aromatic N) is 5. The van der Waals surface area contributed by atoms with Crippen LogP contribution in [0.5, 0.6) is 0 Å². The molecule has 1 fully saturated rings. The average Bonchev–Trinajstić information content (AvgIpc) is 3.15. The molecule has 0 bridgehead atoms. The Hall–Kier alpha value is -1.72. The maximum Gasteiger partial charge on any atom is 0.273 e. The Morgan fingerprint density at radius 3 is 2.48 bits per heavy atom. The smallest absolute Gasteiger partial charge is 0.273 e. The Balaban J connectivity index is 1.69. The van der Waals surface area contributed by atoms with Gasteiger partial charge in [0, 0.05) is 39.4 Å². The number of hydrogen-bond acceptors (Lipinski definition) is 5. The predicted molar refractivity (Wildman–Crippen MR) is 84.2 cm³/mol. The number of carbonyl (C=O) groups excluding carboxylic acids is 1. The summed E-state index contributed by atoms with van der Waals surface area (Å²) in [5.41, 5.74) is 0.369. The van der Waals surface area contributed by atoms with Gasteiger partial charge in [-0.05, 0) is 15.9 Å². The van der Waals surface area contributed by atoms with Crippen molar-refractivity contribution in [1.29, 1.82) is 0 Å². The van der Waals surface area contributed by atoms with Crippen molar-refractivity contribution in [3.8, 4) is 0 Å². The summed E-state index contributed by atoms with van der Waals surface area (Å²) in [7, 11) is -1.91. The van der Waals surface area contributed by atoms with Crippen LogP contribution < -0.4 is 0 Å². The van der Waals surface area contributed by atoms with Crippen LogP contribution in [0, 0.1) is 0 Å². The van der Waals surface area contributed by atoms with Gasteiger partial charge >= 0.3 is 0 Å². The number of aromatic nitrogens is 4. The summed E-state index contributed by atoms with van der Waals surface area (Å²) in [4.78, 5) is 14.1. The van der Waals surface area contributed by atoms with Gasteiger partial charge < -0.3 is 4.90 Å². The van der Waals surface area contributed by atoms with Crippen molar-refractivity contribution < 1.29 is 13.2 Å². The van der Waals surface area contributed by atoms with E-state index in [9.17, 15) is 13.2 Å². The lowest BCUT2D eigenvalue weighted by Gasteiger charge is -2.33. The molecule has 1 amide bonds. The van der Waals surface area contributed by atoms with E-state index in [0.29, 0.717) is 23.3 Å². The van der Waals surface area contributed by atoms with E-state index in [0.717, 1.165) is 0 Å². The molecule has 1 N–H and O–H groups in total. The van der Waals surface area contributed by atoms with Crippen LogP contribution >= 0.6 is 15.9 Å². The minimum Gasteiger partial charge on any atom is -0.335 e. The van der Waals surface area contributed by atoms with Crippen LogP contribution in [0.1, 0.15) is 10.5 Å². The molecule has 0 saturated carbocycles. The van der Waals surface area contributed by atoms with E-state index in [1.54, 1.807) is 11.9 Å². The largest absolute Gasteiger partial charge is 0.335 e. The number of hydrogen-bond donors (Lipinski definition) is 1. The lowest BCUT2D eigenvalue weighted by atomic mass is 10.3. The standard InChI is InChI=1S/C12H15BrN6O3S/c1-17-8-9(6-15-17)23(21,22)19-4-2-18(3-5-19)12(20)11-10(13)7-14-16-11/h6-8H,2-5H2,1H3,(H,14,16). The number of nitrogens with one attached hydrogen (secondary N) is 1. The van der Waals surface area contributed by atoms with E-state index in [1.807, 2.05) is 0 Å². The van der Waals surface area contributed by atoms with Gasteiger partial charge in [0.25, 0.3) is 5.91 Å². The fourth-order valence-corrected chi connectivity index (χ4v) is 4.16. The van der Waals surface area contributed by atoms with Gasteiger partial charge in [0.1, 0.15) is 10.6 Å². The second kappa shape index (κ2) is 6.06. The van der Waals surface area contributed by atoms with Gasteiger partial charge in [0.15, 0.2) is 0 Å². The Labute approximate surface area is 141 Å². The van der Waals surface area contributed by atoms with Gasteiger partial charge in [-0.25, -0.2) is 8.42 Å². The molecular formula is C12H15BrN6O3S. The summed E-state index contributed by atoms with van der Waals surface area (Å²) < 4.78 is 28.4. The van der Waals surface area contributed by atoms with E-state index in [2.05, 4.69) is 31.2 Å². The zero-order valence-corrected chi connectivity index (χ0v) is 14.7. The van der Waals surface area contributed by atoms with E-state index in [1.165, 1.54) is 27.6 Å². The first kappa shape index (κ1) is 16.1. The highest BCUT2D eigenvalue weighted by molar-refractivity contribution is 9.10. The van der Waals surface area contributed by atoms with Crippen LogP contribution in [-0.2, 0) is 17.1 Å². The van der Waals surface area contributed by atoms with Crippen molar-refractivity contribution in [3.63, 3.8) is 0 Å². The zero-order valence-electron chi connectivity index (χ0n) is 12.3. The summed E-state index contributed by atoms with van der Waals surface area (Å²) in [6, 6.07) is 0. The van der Waals surface area contributed by atoms with E-state index >= 15 is 0 Å². The predicted octanol–water partition coefficient (Wildman–Crippen LogP) is 0.0524. The van der Waals surface area contributed by atoms with Gasteiger partial charge in [0.05, 0.1) is 16.9 Å². The topological polar surface area (TPSA) is 104 Å². The van der Waals surface area contributed by atoms with Gasteiger partial charge in [0.2, 0.25) is 10.0 Å². The number of aromatic amines is 1. The Bertz CT molecular complexity index is 821. The van der Waals surface area contributed by atoms with Gasteiger partial charge in [-0.1, -0.05) is 0 Å². The van der Waals surface area contributed by atoms with Crippen LogP contribution in [0.4, 0.5) is 0 Å². The van der Waals surface area contributed by atoms with Crippen LogP contribution in [0.2, 0.25) is 0 Å². The molecule has 0 aromatic carbocycles. The SMILES string of the molecule is Cn1cc(S(=O)(=O)N2CCN(C(=O)c3[nH]ncc3Br)CC2)cn1. The zero-order chi connectivity index (χ0) is 16.6. The monoisotopic (exact) mass is 402 g/mol. The van der Waals surface area contributed by atoms with Crippen LogP contribution in [0.3, 0.4) is 0 Å². The molecule has 9 nitrogen and oxygen atoms in total. The van der Waals surface area contributed by atoms with Gasteiger partial charge in [-0.2, -0.15) is 14.5 Å². The summed E-state index contributed by atoms with van der Waals surface area (Å²) in [6.45, 7) is 1.14. The first-order chi connectivity index (χ1) is 10.9. The molecule has 3 rings (SSSR count). The molecule has 23 heavy (non-hydrogen) atoms. The second-order valence-electron chi connectivity index (χ2n) is 5.14. The number of H-pyrrole nitrogens is 1. The molecule has 1 aliphatic rings. The third-order valence-corrected chi connectivity index (χ3v) is 6.10. The number of rotatable bonds is 3. The second-order valence-corrected chi connectivity index (χ2v) is 7.93. The highest BCUT2D eigenvalue weighted by Gasteiger charge is 2.31. The number of amides is 1. The minimum absolute atomic E-state index is 0.163. The fourth-order valence-electron chi connectivity index (χ4n) is 2.39. The van der Waals surface area contributed by atoms with Crippen LogP contribution in [-0.4, -0.2) is 69.7 Å². The van der Waals surface area contributed by atoms with Crippen LogP contribution in [0.15, 0.2) is 28.0 Å². The molecule has 0 radical (unpaired) electrons. The number of aryl methyl sites for hydroxylation is 1. The highest BCUT2D eigenvalue weighted by Crippen LogP contribution is 2.19. The third-order valence-electron chi connectivity index (χ3n) is 3.65. The fraction of sp³-hybridized carbons (Fsp3) is 0.417. The quantitative estimate of drug-likeness (QED) is 0.780. The van der Waals surface area contributed by atoms with E-state index in [4.69, 9.17) is 0 Å². The summed E-state index contributed by atoms with van der Waals surface area (Å²) in [6.07, 6.45) is 4.31. The van der Waals surface area contributed by atoms with E-state index < -0.39 is 10.0 Å². The molecule has 3 heterocycles. The molecule has 2 aromatic heterocycles. The van der Waals surface area contributed by atoms with Gasteiger partial charge in [-0.15, -0.1) is 0 Å². The number of sulfonamides is 1. The lowest BCUT2D eigenvalue weighted by Crippen LogP contribution is -2.50. The molecule has 124 valence electrons. The van der Waals surface area contributed by atoms with Crippen LogP contribution in [0.25, 0.3) is 0 Å². The van der Waals surface area contributed by atoms with Crippen molar-refractivity contribution in [1.82, 2.24) is 29.2 Å². The number of carbonyl (C=O) groups is 1. The summed E-state index contributed by atoms with van der Waals surface area (Å²) in [5, 5.41) is 10.3. The molecule has 11 heteroatoms. The van der Waals surface area contributed by atoms with Crippen molar-refractivity contribution in [2.75, 3.05) is 26.2 Å².